The highest BCUT2D eigenvalue weighted by Gasteiger charge is 2.40. The number of nitrogens with zero attached hydrogens (tertiary/aromatic N) is 2. The molecule has 2 unspecified atom stereocenters. The molecule has 0 bridgehead atoms. The molecule has 0 radical (unpaired) electrons. The molecule has 0 aromatic heterocycles. The number of hydrogen-bond donors (Lipinski definition) is 1. The summed E-state index contributed by atoms with van der Waals surface area (Å²) in [7, 11) is -3.94. The third kappa shape index (κ3) is 5.01. The highest BCUT2D eigenvalue weighted by Crippen LogP contribution is 2.42. The second kappa shape index (κ2) is 9.61. The lowest BCUT2D eigenvalue weighted by Gasteiger charge is -2.42. The number of anilines is 1. The van der Waals surface area contributed by atoms with Crippen LogP contribution in [0.25, 0.3) is 0 Å². The standard InChI is InChI=1S/C24H31N3O6S/c1-6-24(7-2)15-20(19-10-8-9-11-22(19)33-24)25-23(28)17(4)26(34(5,31)32)21-14-18(27(29)30)13-12-16(21)3/h8-14,17,20H,6-7,15H2,1-5H3,(H,25,28). The van der Waals surface area contributed by atoms with Crippen LogP contribution in [0.2, 0.25) is 0 Å². The maximum absolute atomic E-state index is 13.4. The molecule has 0 saturated heterocycles. The van der Waals surface area contributed by atoms with E-state index in [0.29, 0.717) is 17.7 Å². The second-order valence-electron chi connectivity index (χ2n) is 8.76. The summed E-state index contributed by atoms with van der Waals surface area (Å²) in [5, 5.41) is 14.3. The molecule has 1 N–H and O–H groups in total. The molecule has 2 aromatic rings. The summed E-state index contributed by atoms with van der Waals surface area (Å²) >= 11 is 0. The number of fused-ring (bicyclic) bond motifs is 1. The van der Waals surface area contributed by atoms with E-state index in [1.54, 1.807) is 6.92 Å². The largest absolute Gasteiger partial charge is 0.487 e. The van der Waals surface area contributed by atoms with Crippen LogP contribution in [0.15, 0.2) is 42.5 Å². The van der Waals surface area contributed by atoms with E-state index in [1.807, 2.05) is 38.1 Å². The first kappa shape index (κ1) is 25.5. The van der Waals surface area contributed by atoms with Crippen LogP contribution in [0.5, 0.6) is 5.75 Å². The van der Waals surface area contributed by atoms with Gasteiger partial charge in [0.1, 0.15) is 17.4 Å². The summed E-state index contributed by atoms with van der Waals surface area (Å²) in [4.78, 5) is 24.1. The number of carbonyl (C=O) groups is 1. The predicted octanol–water partition coefficient (Wildman–Crippen LogP) is 4.26. The van der Waals surface area contributed by atoms with Crippen LogP contribution in [0.4, 0.5) is 11.4 Å². The van der Waals surface area contributed by atoms with E-state index in [2.05, 4.69) is 5.32 Å². The van der Waals surface area contributed by atoms with E-state index in [4.69, 9.17) is 4.74 Å². The van der Waals surface area contributed by atoms with E-state index in [-0.39, 0.29) is 17.4 Å². The van der Waals surface area contributed by atoms with Crippen LogP contribution in [-0.2, 0) is 14.8 Å². The van der Waals surface area contributed by atoms with E-state index in [1.165, 1.54) is 25.1 Å². The van der Waals surface area contributed by atoms with Crippen molar-refractivity contribution in [2.75, 3.05) is 10.6 Å². The van der Waals surface area contributed by atoms with Crippen molar-refractivity contribution in [1.29, 1.82) is 0 Å². The van der Waals surface area contributed by atoms with Crippen molar-refractivity contribution in [3.8, 4) is 5.75 Å². The molecular formula is C24H31N3O6S. The number of nitro benzene ring substituents is 1. The number of aryl methyl sites for hydroxylation is 1. The number of hydrogen-bond acceptors (Lipinski definition) is 6. The molecular weight excluding hydrogens is 458 g/mol. The summed E-state index contributed by atoms with van der Waals surface area (Å²) in [5.41, 5.74) is 0.739. The van der Waals surface area contributed by atoms with Crippen molar-refractivity contribution in [3.63, 3.8) is 0 Å². The van der Waals surface area contributed by atoms with Crippen molar-refractivity contribution in [3.05, 3.63) is 63.7 Å². The zero-order valence-electron chi connectivity index (χ0n) is 20.1. The van der Waals surface area contributed by atoms with Gasteiger partial charge >= 0.3 is 0 Å². The number of sulfonamides is 1. The van der Waals surface area contributed by atoms with Crippen LogP contribution < -0.4 is 14.4 Å². The molecule has 34 heavy (non-hydrogen) atoms. The minimum absolute atomic E-state index is 0.100. The molecule has 1 aliphatic heterocycles. The number of para-hydroxylation sites is 1. The molecule has 10 heteroatoms. The Hall–Kier alpha value is -3.14. The van der Waals surface area contributed by atoms with Crippen LogP contribution in [0.3, 0.4) is 0 Å². The Morgan fingerprint density at radius 2 is 1.91 bits per heavy atom. The number of nitro groups is 1. The van der Waals surface area contributed by atoms with Crippen LogP contribution in [0.1, 0.15) is 57.2 Å². The Labute approximate surface area is 200 Å². The summed E-state index contributed by atoms with van der Waals surface area (Å²) < 4.78 is 32.7. The fourth-order valence-corrected chi connectivity index (χ4v) is 5.68. The Bertz CT molecular complexity index is 1190. The van der Waals surface area contributed by atoms with E-state index >= 15 is 0 Å². The number of benzene rings is 2. The van der Waals surface area contributed by atoms with Crippen LogP contribution in [0, 0.1) is 17.0 Å². The molecule has 184 valence electrons. The Kier molecular flexibility index (Phi) is 7.21. The molecule has 0 spiro atoms. The molecule has 2 aromatic carbocycles. The quantitative estimate of drug-likeness (QED) is 0.437. The second-order valence-corrected chi connectivity index (χ2v) is 10.6. The van der Waals surface area contributed by atoms with Gasteiger partial charge in [0.05, 0.1) is 22.9 Å². The van der Waals surface area contributed by atoms with Gasteiger partial charge in [0.2, 0.25) is 15.9 Å². The summed E-state index contributed by atoms with van der Waals surface area (Å²) in [5.74, 6) is 0.198. The first-order chi connectivity index (χ1) is 15.9. The Morgan fingerprint density at radius 1 is 1.26 bits per heavy atom. The van der Waals surface area contributed by atoms with Crippen molar-refractivity contribution in [2.24, 2.45) is 0 Å². The zero-order valence-corrected chi connectivity index (χ0v) is 20.9. The summed E-state index contributed by atoms with van der Waals surface area (Å²) in [6.45, 7) is 7.20. The van der Waals surface area contributed by atoms with Gasteiger partial charge in [0.25, 0.3) is 5.69 Å². The maximum Gasteiger partial charge on any atom is 0.271 e. The highest BCUT2D eigenvalue weighted by atomic mass is 32.2. The molecule has 0 fully saturated rings. The van der Waals surface area contributed by atoms with Gasteiger partial charge in [-0.25, -0.2) is 8.42 Å². The Morgan fingerprint density at radius 3 is 2.50 bits per heavy atom. The topological polar surface area (TPSA) is 119 Å². The van der Waals surface area contributed by atoms with Crippen molar-refractivity contribution < 1.29 is 22.9 Å². The smallest absolute Gasteiger partial charge is 0.271 e. The maximum atomic E-state index is 13.4. The average molecular weight is 490 g/mol. The molecule has 0 aliphatic carbocycles. The number of non-ortho nitro benzene ring substituents is 1. The number of rotatable bonds is 8. The lowest BCUT2D eigenvalue weighted by molar-refractivity contribution is -0.384. The van der Waals surface area contributed by atoms with Crippen LogP contribution >= 0.6 is 0 Å². The van der Waals surface area contributed by atoms with Gasteiger partial charge in [0, 0.05) is 24.1 Å². The summed E-state index contributed by atoms with van der Waals surface area (Å²) in [6, 6.07) is 9.95. The van der Waals surface area contributed by atoms with Crippen molar-refractivity contribution >= 4 is 27.3 Å². The van der Waals surface area contributed by atoms with E-state index in [9.17, 15) is 23.3 Å². The van der Waals surface area contributed by atoms with Gasteiger partial charge in [-0.2, -0.15) is 0 Å². The lowest BCUT2D eigenvalue weighted by atomic mass is 9.83. The first-order valence-corrected chi connectivity index (χ1v) is 13.1. The number of amides is 1. The summed E-state index contributed by atoms with van der Waals surface area (Å²) in [6.07, 6.45) is 3.03. The highest BCUT2D eigenvalue weighted by molar-refractivity contribution is 7.92. The van der Waals surface area contributed by atoms with Gasteiger partial charge in [-0.15, -0.1) is 0 Å². The fraction of sp³-hybridized carbons (Fsp3) is 0.458. The third-order valence-electron chi connectivity index (χ3n) is 6.53. The van der Waals surface area contributed by atoms with E-state index < -0.39 is 32.5 Å². The zero-order chi connectivity index (χ0) is 25.3. The van der Waals surface area contributed by atoms with E-state index in [0.717, 1.165) is 29.0 Å². The average Bonchev–Trinajstić information content (AvgIpc) is 2.79. The predicted molar refractivity (Wildman–Crippen MR) is 131 cm³/mol. The van der Waals surface area contributed by atoms with Gasteiger partial charge < -0.3 is 10.1 Å². The fourth-order valence-electron chi connectivity index (χ4n) is 4.45. The molecule has 2 atom stereocenters. The van der Waals surface area contributed by atoms with Gasteiger partial charge in [-0.3, -0.25) is 19.2 Å². The number of ether oxygens (including phenoxy) is 1. The van der Waals surface area contributed by atoms with Gasteiger partial charge in [-0.1, -0.05) is 38.1 Å². The Balaban J connectivity index is 1.97. The lowest BCUT2D eigenvalue weighted by Crippen LogP contribution is -2.51. The molecule has 3 rings (SSSR count). The SMILES string of the molecule is CCC1(CC)CC(NC(=O)C(C)N(c2cc([N+](=O)[O-])ccc2C)S(C)(=O)=O)c2ccccc2O1. The molecule has 1 heterocycles. The van der Waals surface area contributed by atoms with Crippen molar-refractivity contribution in [2.45, 2.75) is 64.6 Å². The molecule has 9 nitrogen and oxygen atoms in total. The van der Waals surface area contributed by atoms with Crippen molar-refractivity contribution in [1.82, 2.24) is 5.32 Å². The minimum Gasteiger partial charge on any atom is -0.487 e. The third-order valence-corrected chi connectivity index (χ3v) is 7.76. The number of nitrogens with one attached hydrogen (secondary N) is 1. The first-order valence-electron chi connectivity index (χ1n) is 11.2. The van der Waals surface area contributed by atoms with Gasteiger partial charge in [0.15, 0.2) is 0 Å². The molecule has 0 saturated carbocycles. The molecule has 1 aliphatic rings. The number of carbonyl (C=O) groups excluding carboxylic acids is 1. The minimum atomic E-state index is -3.94. The monoisotopic (exact) mass is 489 g/mol. The van der Waals surface area contributed by atoms with Gasteiger partial charge in [-0.05, 0) is 38.3 Å². The van der Waals surface area contributed by atoms with Crippen LogP contribution in [-0.4, -0.2) is 37.1 Å². The molecule has 1 amide bonds. The normalized spacial score (nSPS) is 17.7.